The number of hydrogen-bond donors (Lipinski definition) is 3. The average molecular weight is 257 g/mol. The third-order valence-corrected chi connectivity index (χ3v) is 3.29. The van der Waals surface area contributed by atoms with E-state index < -0.39 is 15.7 Å². The molecular formula is C11H19N3O2S. The van der Waals surface area contributed by atoms with Gasteiger partial charge in [0.05, 0.1) is 0 Å². The number of rotatable bonds is 4. The zero-order chi connectivity index (χ0) is 13.1. The van der Waals surface area contributed by atoms with Crippen LogP contribution in [0, 0.1) is 0 Å². The number of hydrogen-bond acceptors (Lipinski definition) is 3. The van der Waals surface area contributed by atoms with Crippen molar-refractivity contribution in [1.29, 1.82) is 0 Å². The lowest BCUT2D eigenvalue weighted by Crippen LogP contribution is -2.46. The molecule has 0 aromatic heterocycles. The minimum absolute atomic E-state index is 0.242. The Morgan fingerprint density at radius 2 is 1.71 bits per heavy atom. The zero-order valence-electron chi connectivity index (χ0n) is 10.3. The van der Waals surface area contributed by atoms with Gasteiger partial charge in [-0.2, -0.15) is 17.9 Å². The van der Waals surface area contributed by atoms with Crippen LogP contribution in [0.15, 0.2) is 24.3 Å². The summed E-state index contributed by atoms with van der Waals surface area (Å²) in [6.45, 7) is 5.60. The molecule has 1 rings (SSSR count). The molecule has 1 aromatic rings. The zero-order valence-corrected chi connectivity index (χ0v) is 11.1. The van der Waals surface area contributed by atoms with Crippen LogP contribution in [0.25, 0.3) is 0 Å². The molecule has 1 aromatic carbocycles. The second-order valence-electron chi connectivity index (χ2n) is 4.92. The molecule has 0 saturated heterocycles. The fourth-order valence-corrected chi connectivity index (χ4v) is 2.49. The second-order valence-corrected chi connectivity index (χ2v) is 6.42. The molecule has 0 aliphatic rings. The first kappa shape index (κ1) is 14.0. The van der Waals surface area contributed by atoms with E-state index in [9.17, 15) is 8.42 Å². The van der Waals surface area contributed by atoms with Crippen LogP contribution in [0.3, 0.4) is 0 Å². The van der Waals surface area contributed by atoms with Crippen LogP contribution >= 0.6 is 0 Å². The van der Waals surface area contributed by atoms with E-state index in [1.54, 1.807) is 45.0 Å². The van der Waals surface area contributed by atoms with Crippen LogP contribution in [-0.2, 0) is 16.8 Å². The fraction of sp³-hybridized carbons (Fsp3) is 0.455. The Balaban J connectivity index is 2.59. The summed E-state index contributed by atoms with van der Waals surface area (Å²) in [5, 5.41) is 0. The van der Waals surface area contributed by atoms with E-state index >= 15 is 0 Å². The van der Waals surface area contributed by atoms with Gasteiger partial charge in [-0.1, -0.05) is 12.1 Å². The van der Waals surface area contributed by atoms with E-state index in [4.69, 9.17) is 5.73 Å². The van der Waals surface area contributed by atoms with E-state index in [0.717, 1.165) is 5.56 Å². The summed E-state index contributed by atoms with van der Waals surface area (Å²) in [7, 11) is -3.48. The lowest BCUT2D eigenvalue weighted by molar-refractivity contribution is 0.483. The maximum absolute atomic E-state index is 11.6. The van der Waals surface area contributed by atoms with Crippen molar-refractivity contribution < 1.29 is 8.42 Å². The molecular weight excluding hydrogens is 238 g/mol. The Morgan fingerprint density at radius 3 is 2.18 bits per heavy atom. The van der Waals surface area contributed by atoms with Crippen LogP contribution in [0.5, 0.6) is 0 Å². The molecule has 0 amide bonds. The van der Waals surface area contributed by atoms with Crippen molar-refractivity contribution in [2.45, 2.75) is 32.9 Å². The molecule has 6 heteroatoms. The van der Waals surface area contributed by atoms with Gasteiger partial charge in [-0.15, -0.1) is 0 Å². The molecule has 0 saturated carbocycles. The van der Waals surface area contributed by atoms with Crippen LogP contribution in [0.4, 0.5) is 5.69 Å². The summed E-state index contributed by atoms with van der Waals surface area (Å²) in [6.07, 6.45) is 0. The third kappa shape index (κ3) is 5.67. The minimum Gasteiger partial charge on any atom is -0.399 e. The smallest absolute Gasteiger partial charge is 0.277 e. The summed E-state index contributed by atoms with van der Waals surface area (Å²) < 4.78 is 28.3. The second kappa shape index (κ2) is 5.03. The molecule has 0 bridgehead atoms. The Morgan fingerprint density at radius 1 is 1.18 bits per heavy atom. The molecule has 96 valence electrons. The SMILES string of the molecule is CC(C)(C)NS(=O)(=O)NCc1ccc(N)cc1. The van der Waals surface area contributed by atoms with Gasteiger partial charge >= 0.3 is 0 Å². The summed E-state index contributed by atoms with van der Waals surface area (Å²) in [6, 6.07) is 7.05. The Hall–Kier alpha value is -1.11. The van der Waals surface area contributed by atoms with Crippen molar-refractivity contribution in [3.05, 3.63) is 29.8 Å². The van der Waals surface area contributed by atoms with Crippen LogP contribution in [0.1, 0.15) is 26.3 Å². The van der Waals surface area contributed by atoms with Gasteiger partial charge < -0.3 is 5.73 Å². The minimum atomic E-state index is -3.48. The Kier molecular flexibility index (Phi) is 4.13. The van der Waals surface area contributed by atoms with Crippen molar-refractivity contribution in [3.63, 3.8) is 0 Å². The predicted octanol–water partition coefficient (Wildman–Crippen LogP) is 0.991. The van der Waals surface area contributed by atoms with E-state index in [-0.39, 0.29) is 6.54 Å². The molecule has 4 N–H and O–H groups in total. The van der Waals surface area contributed by atoms with E-state index in [1.165, 1.54) is 0 Å². The number of benzene rings is 1. The standard InChI is InChI=1S/C11H19N3O2S/c1-11(2,3)14-17(15,16)13-8-9-4-6-10(12)7-5-9/h4-7,13-14H,8,12H2,1-3H3. The molecule has 17 heavy (non-hydrogen) atoms. The van der Waals surface area contributed by atoms with Gasteiger partial charge in [0.1, 0.15) is 0 Å². The monoisotopic (exact) mass is 257 g/mol. The lowest BCUT2D eigenvalue weighted by Gasteiger charge is -2.20. The van der Waals surface area contributed by atoms with Gasteiger partial charge in [0.2, 0.25) is 0 Å². The summed E-state index contributed by atoms with van der Waals surface area (Å²) in [5.74, 6) is 0. The van der Waals surface area contributed by atoms with Crippen molar-refractivity contribution in [3.8, 4) is 0 Å². The quantitative estimate of drug-likeness (QED) is 0.703. The first-order valence-corrected chi connectivity index (χ1v) is 6.79. The summed E-state index contributed by atoms with van der Waals surface area (Å²) >= 11 is 0. The van der Waals surface area contributed by atoms with Gasteiger partial charge in [0.25, 0.3) is 10.2 Å². The highest BCUT2D eigenvalue weighted by Crippen LogP contribution is 2.06. The molecule has 5 nitrogen and oxygen atoms in total. The van der Waals surface area contributed by atoms with Gasteiger partial charge in [-0.05, 0) is 38.5 Å². The highest BCUT2D eigenvalue weighted by atomic mass is 32.2. The van der Waals surface area contributed by atoms with Crippen molar-refractivity contribution in [1.82, 2.24) is 9.44 Å². The van der Waals surface area contributed by atoms with Gasteiger partial charge in [-0.3, -0.25) is 0 Å². The van der Waals surface area contributed by atoms with E-state index in [1.807, 2.05) is 0 Å². The largest absolute Gasteiger partial charge is 0.399 e. The van der Waals surface area contributed by atoms with Crippen molar-refractivity contribution in [2.75, 3.05) is 5.73 Å². The Bertz CT molecular complexity index is 460. The number of nitrogens with one attached hydrogen (secondary N) is 2. The van der Waals surface area contributed by atoms with E-state index in [0.29, 0.717) is 5.69 Å². The summed E-state index contributed by atoms with van der Waals surface area (Å²) in [4.78, 5) is 0. The molecule has 0 radical (unpaired) electrons. The van der Waals surface area contributed by atoms with E-state index in [2.05, 4.69) is 9.44 Å². The first-order chi connectivity index (χ1) is 7.68. The highest BCUT2D eigenvalue weighted by Gasteiger charge is 2.18. The first-order valence-electron chi connectivity index (χ1n) is 5.31. The molecule has 0 heterocycles. The predicted molar refractivity (Wildman–Crippen MR) is 69.5 cm³/mol. The number of nitrogen functional groups attached to an aromatic ring is 1. The normalized spacial score (nSPS) is 12.6. The van der Waals surface area contributed by atoms with Crippen molar-refractivity contribution in [2.24, 2.45) is 0 Å². The average Bonchev–Trinajstić information content (AvgIpc) is 2.13. The van der Waals surface area contributed by atoms with Crippen molar-refractivity contribution >= 4 is 15.9 Å². The van der Waals surface area contributed by atoms with Crippen LogP contribution < -0.4 is 15.2 Å². The number of anilines is 1. The molecule has 0 unspecified atom stereocenters. The summed E-state index contributed by atoms with van der Waals surface area (Å²) in [5.41, 5.74) is 6.56. The maximum atomic E-state index is 11.6. The van der Waals surface area contributed by atoms with Gasteiger partial charge in [-0.25, -0.2) is 0 Å². The fourth-order valence-electron chi connectivity index (χ4n) is 1.25. The van der Waals surface area contributed by atoms with Gasteiger partial charge in [0, 0.05) is 17.8 Å². The topological polar surface area (TPSA) is 84.2 Å². The van der Waals surface area contributed by atoms with Gasteiger partial charge in [0.15, 0.2) is 0 Å². The lowest BCUT2D eigenvalue weighted by atomic mass is 10.1. The molecule has 0 spiro atoms. The molecule has 0 aliphatic heterocycles. The molecule has 0 atom stereocenters. The number of nitrogens with two attached hydrogens (primary N) is 1. The van der Waals surface area contributed by atoms with Crippen LogP contribution in [-0.4, -0.2) is 14.0 Å². The highest BCUT2D eigenvalue weighted by molar-refractivity contribution is 7.87. The maximum Gasteiger partial charge on any atom is 0.277 e. The van der Waals surface area contributed by atoms with Crippen LogP contribution in [0.2, 0.25) is 0 Å². The third-order valence-electron chi connectivity index (χ3n) is 1.89. The molecule has 0 fully saturated rings. The Labute approximate surface area is 103 Å². The molecule has 0 aliphatic carbocycles.